The van der Waals surface area contributed by atoms with E-state index in [1.54, 1.807) is 38.1 Å². The number of nitrogens with zero attached hydrogens (tertiary/aromatic N) is 1. The fourth-order valence-electron chi connectivity index (χ4n) is 2.52. The summed E-state index contributed by atoms with van der Waals surface area (Å²) < 4.78 is 10.1. The minimum atomic E-state index is -0.987. The molecular formula is C18H22N2O6. The number of hydrogen-bond acceptors (Lipinski definition) is 6. The van der Waals surface area contributed by atoms with Crippen molar-refractivity contribution < 1.29 is 28.7 Å². The molecule has 0 radical (unpaired) electrons. The first-order valence-corrected chi connectivity index (χ1v) is 8.17. The van der Waals surface area contributed by atoms with Crippen LogP contribution in [0.4, 0.5) is 4.79 Å². The monoisotopic (exact) mass is 362 g/mol. The molecule has 1 fully saturated rings. The van der Waals surface area contributed by atoms with Gasteiger partial charge < -0.3 is 14.8 Å². The number of nitrogens with one attached hydrogen (secondary N) is 1. The fraction of sp³-hybridized carbons (Fsp3) is 0.444. The summed E-state index contributed by atoms with van der Waals surface area (Å²) in [6, 6.07) is 5.90. The quantitative estimate of drug-likeness (QED) is 0.448. The molecule has 0 saturated carbocycles. The Bertz CT molecular complexity index is 726. The molecule has 1 aliphatic heterocycles. The van der Waals surface area contributed by atoms with Crippen LogP contribution >= 0.6 is 0 Å². The van der Waals surface area contributed by atoms with Gasteiger partial charge in [0.05, 0.1) is 13.5 Å². The number of ketones is 1. The molecular weight excluding hydrogens is 340 g/mol. The Hall–Kier alpha value is -2.90. The molecule has 140 valence electrons. The van der Waals surface area contributed by atoms with Crippen molar-refractivity contribution in [2.75, 3.05) is 13.7 Å². The van der Waals surface area contributed by atoms with E-state index in [9.17, 15) is 19.2 Å². The minimum absolute atomic E-state index is 0.101. The van der Waals surface area contributed by atoms with Gasteiger partial charge in [0, 0.05) is 12.1 Å². The van der Waals surface area contributed by atoms with Crippen LogP contribution in [-0.2, 0) is 14.3 Å². The lowest BCUT2D eigenvalue weighted by Gasteiger charge is -2.16. The molecule has 8 nitrogen and oxygen atoms in total. The maximum Gasteiger partial charge on any atom is 0.325 e. The van der Waals surface area contributed by atoms with Gasteiger partial charge in [-0.3, -0.25) is 19.3 Å². The van der Waals surface area contributed by atoms with E-state index >= 15 is 0 Å². The van der Waals surface area contributed by atoms with Crippen LogP contribution in [0.25, 0.3) is 0 Å². The van der Waals surface area contributed by atoms with Gasteiger partial charge in [-0.25, -0.2) is 4.79 Å². The minimum Gasteiger partial charge on any atom is -0.497 e. The second kappa shape index (κ2) is 7.55. The Balaban J connectivity index is 1.87. The molecule has 1 aliphatic rings. The van der Waals surface area contributed by atoms with Crippen molar-refractivity contribution in [2.45, 2.75) is 38.8 Å². The van der Waals surface area contributed by atoms with Crippen LogP contribution in [0.5, 0.6) is 5.75 Å². The standard InChI is InChI=1S/C18H22N2O6/c1-11(15(22)12-5-7-13(25-4)8-6-12)26-14(21)9-10-20-16(23)18(2,3)19-17(20)24/h5-8,11H,9-10H2,1-4H3,(H,19,24)/t11-/m0/s1. The van der Waals surface area contributed by atoms with Crippen LogP contribution in [0, 0.1) is 0 Å². The molecule has 0 bridgehead atoms. The van der Waals surface area contributed by atoms with Crippen LogP contribution < -0.4 is 10.1 Å². The highest BCUT2D eigenvalue weighted by Crippen LogP contribution is 2.17. The SMILES string of the molecule is COc1ccc(C(=O)[C@H](C)OC(=O)CCN2C(=O)NC(C)(C)C2=O)cc1. The van der Waals surface area contributed by atoms with Crippen molar-refractivity contribution in [3.63, 3.8) is 0 Å². The number of carbonyl (C=O) groups is 4. The zero-order valence-corrected chi connectivity index (χ0v) is 15.2. The van der Waals surface area contributed by atoms with Crippen molar-refractivity contribution in [1.29, 1.82) is 0 Å². The number of carbonyl (C=O) groups excluding carboxylic acids is 4. The highest BCUT2D eigenvalue weighted by Gasteiger charge is 2.44. The number of ether oxygens (including phenoxy) is 2. The molecule has 26 heavy (non-hydrogen) atoms. The summed E-state index contributed by atoms with van der Waals surface area (Å²) in [5.74, 6) is -0.804. The third-order valence-electron chi connectivity index (χ3n) is 4.04. The maximum atomic E-state index is 12.3. The van der Waals surface area contributed by atoms with E-state index in [-0.39, 0.29) is 18.7 Å². The van der Waals surface area contributed by atoms with Crippen LogP contribution in [0.2, 0.25) is 0 Å². The van der Waals surface area contributed by atoms with Gasteiger partial charge in [-0.2, -0.15) is 0 Å². The number of Topliss-reactive ketones (excluding diaryl/α,β-unsaturated/α-hetero) is 1. The summed E-state index contributed by atoms with van der Waals surface area (Å²) in [6.07, 6.45) is -1.16. The largest absolute Gasteiger partial charge is 0.497 e. The molecule has 1 aromatic rings. The van der Waals surface area contributed by atoms with Crippen LogP contribution in [0.15, 0.2) is 24.3 Å². The lowest BCUT2D eigenvalue weighted by Crippen LogP contribution is -2.40. The number of hydrogen-bond donors (Lipinski definition) is 1. The molecule has 0 aliphatic carbocycles. The van der Waals surface area contributed by atoms with Gasteiger partial charge in [-0.05, 0) is 45.0 Å². The van der Waals surface area contributed by atoms with Crippen LogP contribution in [-0.4, -0.2) is 53.9 Å². The molecule has 1 heterocycles. The number of imide groups is 1. The van der Waals surface area contributed by atoms with Crippen molar-refractivity contribution in [3.8, 4) is 5.75 Å². The van der Waals surface area contributed by atoms with Gasteiger partial charge in [0.25, 0.3) is 5.91 Å². The molecule has 3 amide bonds. The van der Waals surface area contributed by atoms with E-state index < -0.39 is 29.6 Å². The third kappa shape index (κ3) is 4.19. The summed E-state index contributed by atoms with van der Waals surface area (Å²) in [7, 11) is 1.52. The summed E-state index contributed by atoms with van der Waals surface area (Å²) >= 11 is 0. The lowest BCUT2D eigenvalue weighted by atomic mass is 10.1. The Kier molecular flexibility index (Phi) is 5.64. The predicted molar refractivity (Wildman–Crippen MR) is 91.8 cm³/mol. The summed E-state index contributed by atoms with van der Waals surface area (Å²) in [5.41, 5.74) is -0.597. The third-order valence-corrected chi connectivity index (χ3v) is 4.04. The molecule has 1 saturated heterocycles. The average Bonchev–Trinajstić information content (AvgIpc) is 2.79. The first kappa shape index (κ1) is 19.4. The van der Waals surface area contributed by atoms with E-state index in [1.807, 2.05) is 0 Å². The highest BCUT2D eigenvalue weighted by molar-refractivity contribution is 6.06. The molecule has 1 N–H and O–H groups in total. The van der Waals surface area contributed by atoms with Crippen molar-refractivity contribution in [3.05, 3.63) is 29.8 Å². The summed E-state index contributed by atoms with van der Waals surface area (Å²) in [4.78, 5) is 49.0. The number of rotatable bonds is 7. The number of urea groups is 1. The molecule has 2 rings (SSSR count). The van der Waals surface area contributed by atoms with Gasteiger partial charge in [-0.15, -0.1) is 0 Å². The van der Waals surface area contributed by atoms with Gasteiger partial charge in [0.2, 0.25) is 5.78 Å². The number of amides is 3. The van der Waals surface area contributed by atoms with Gasteiger partial charge in [0.15, 0.2) is 6.10 Å². The number of benzene rings is 1. The topological polar surface area (TPSA) is 102 Å². The zero-order chi connectivity index (χ0) is 19.5. The predicted octanol–water partition coefficient (Wildman–Crippen LogP) is 1.53. The summed E-state index contributed by atoms with van der Waals surface area (Å²) in [5, 5.41) is 2.53. The van der Waals surface area contributed by atoms with E-state index in [4.69, 9.17) is 9.47 Å². The second-order valence-corrected chi connectivity index (χ2v) is 6.49. The van der Waals surface area contributed by atoms with Crippen molar-refractivity contribution in [1.82, 2.24) is 10.2 Å². The van der Waals surface area contributed by atoms with Crippen LogP contribution in [0.1, 0.15) is 37.6 Å². The number of esters is 1. The molecule has 0 aromatic heterocycles. The molecule has 0 unspecified atom stereocenters. The Morgan fingerprint density at radius 2 is 1.81 bits per heavy atom. The molecule has 1 atom stereocenters. The molecule has 1 aromatic carbocycles. The highest BCUT2D eigenvalue weighted by atomic mass is 16.5. The van der Waals surface area contributed by atoms with E-state index in [0.717, 1.165) is 4.90 Å². The normalized spacial score (nSPS) is 16.8. The maximum absolute atomic E-state index is 12.3. The Morgan fingerprint density at radius 1 is 1.19 bits per heavy atom. The Morgan fingerprint density at radius 3 is 2.31 bits per heavy atom. The van der Waals surface area contributed by atoms with E-state index in [1.165, 1.54) is 14.0 Å². The zero-order valence-electron chi connectivity index (χ0n) is 15.2. The van der Waals surface area contributed by atoms with Gasteiger partial charge >= 0.3 is 12.0 Å². The van der Waals surface area contributed by atoms with Crippen molar-refractivity contribution >= 4 is 23.7 Å². The van der Waals surface area contributed by atoms with E-state index in [0.29, 0.717) is 11.3 Å². The van der Waals surface area contributed by atoms with Crippen LogP contribution in [0.3, 0.4) is 0 Å². The van der Waals surface area contributed by atoms with Gasteiger partial charge in [0.1, 0.15) is 11.3 Å². The van der Waals surface area contributed by atoms with Gasteiger partial charge in [-0.1, -0.05) is 0 Å². The van der Waals surface area contributed by atoms with Crippen molar-refractivity contribution in [2.24, 2.45) is 0 Å². The Labute approximate surface area is 151 Å². The second-order valence-electron chi connectivity index (χ2n) is 6.49. The lowest BCUT2D eigenvalue weighted by molar-refractivity contribution is -0.146. The first-order chi connectivity index (χ1) is 12.2. The smallest absolute Gasteiger partial charge is 0.325 e. The van der Waals surface area contributed by atoms with E-state index in [2.05, 4.69) is 5.32 Å². The first-order valence-electron chi connectivity index (χ1n) is 8.17. The number of methoxy groups -OCH3 is 1. The molecule has 0 spiro atoms. The fourth-order valence-corrected chi connectivity index (χ4v) is 2.52. The average molecular weight is 362 g/mol. The molecule has 8 heteroatoms. The summed E-state index contributed by atoms with van der Waals surface area (Å²) in [6.45, 7) is 4.54.